The maximum absolute atomic E-state index is 11.4. The number of amides is 2. The molecule has 1 aromatic carbocycles. The molecule has 118 valence electrons. The Balaban J connectivity index is 2.42. The van der Waals surface area contributed by atoms with Gasteiger partial charge in [0.1, 0.15) is 0 Å². The van der Waals surface area contributed by atoms with Crippen LogP contribution in [0, 0.1) is 0 Å². The summed E-state index contributed by atoms with van der Waals surface area (Å²) >= 11 is 0. The molecular weight excluding hydrogens is 290 g/mol. The minimum atomic E-state index is -0.275. The number of nitrogens with two attached hydrogens (primary N) is 1. The van der Waals surface area contributed by atoms with Crippen molar-refractivity contribution in [2.45, 2.75) is 0 Å². The quantitative estimate of drug-likeness (QED) is 0.639. The van der Waals surface area contributed by atoms with Crippen LogP contribution in [0.5, 0.6) is 0 Å². The highest BCUT2D eigenvalue weighted by molar-refractivity contribution is 5.90. The van der Waals surface area contributed by atoms with Crippen LogP contribution in [0.3, 0.4) is 0 Å². The summed E-state index contributed by atoms with van der Waals surface area (Å²) in [7, 11) is 1.57. The highest BCUT2D eigenvalue weighted by atomic mass is 16.2. The van der Waals surface area contributed by atoms with E-state index in [4.69, 9.17) is 5.73 Å². The topological polar surface area (TPSA) is 95.8 Å². The van der Waals surface area contributed by atoms with E-state index < -0.39 is 0 Å². The maximum Gasteiger partial charge on any atom is 0.318 e. The summed E-state index contributed by atoms with van der Waals surface area (Å²) in [5.74, 6) is 0. The standard InChI is InChI=1S/C17H19N5O/c1-3-5-12(8-9-18)15-11-20-22-16(15)13-6-4-7-14(10-13)21-17(23)19-2/h3-11H,1,18H2,2H3,(H,20,22)(H2,19,21,23)/b9-8-,12-5+. The van der Waals surface area contributed by atoms with E-state index >= 15 is 0 Å². The number of aromatic amines is 1. The van der Waals surface area contributed by atoms with Crippen molar-refractivity contribution in [2.24, 2.45) is 5.73 Å². The SMILES string of the molecule is C=C/C=C(\C=C/N)c1c[nH]nc1-c1cccc(NC(=O)NC)c1. The number of benzene rings is 1. The van der Waals surface area contributed by atoms with Gasteiger partial charge < -0.3 is 16.4 Å². The number of nitrogens with zero attached hydrogens (tertiary/aromatic N) is 1. The minimum Gasteiger partial charge on any atom is -0.405 e. The number of urea groups is 1. The number of carbonyl (C=O) groups excluding carboxylic acids is 1. The molecule has 0 unspecified atom stereocenters. The molecule has 0 aliphatic carbocycles. The van der Waals surface area contributed by atoms with E-state index in [0.717, 1.165) is 22.4 Å². The summed E-state index contributed by atoms with van der Waals surface area (Å²) in [6.07, 6.45) is 8.59. The molecule has 0 saturated heterocycles. The highest BCUT2D eigenvalue weighted by Crippen LogP contribution is 2.29. The Morgan fingerprint density at radius 1 is 1.43 bits per heavy atom. The van der Waals surface area contributed by atoms with Crippen LogP contribution in [-0.4, -0.2) is 23.3 Å². The van der Waals surface area contributed by atoms with E-state index in [0.29, 0.717) is 5.69 Å². The predicted octanol–water partition coefficient (Wildman–Crippen LogP) is 2.87. The van der Waals surface area contributed by atoms with Crippen LogP contribution in [0.25, 0.3) is 16.8 Å². The smallest absolute Gasteiger partial charge is 0.318 e. The van der Waals surface area contributed by atoms with Crippen molar-refractivity contribution in [3.05, 3.63) is 67.0 Å². The number of allylic oxidation sites excluding steroid dienone is 4. The number of anilines is 1. The lowest BCUT2D eigenvalue weighted by atomic mass is 10.0. The van der Waals surface area contributed by atoms with Crippen molar-refractivity contribution < 1.29 is 4.79 Å². The molecule has 1 heterocycles. The lowest BCUT2D eigenvalue weighted by Crippen LogP contribution is -2.24. The fourth-order valence-corrected chi connectivity index (χ4v) is 2.13. The molecule has 2 aromatic rings. The molecule has 6 heteroatoms. The van der Waals surface area contributed by atoms with Crippen LogP contribution >= 0.6 is 0 Å². The van der Waals surface area contributed by atoms with E-state index in [1.165, 1.54) is 6.20 Å². The third-order valence-corrected chi connectivity index (χ3v) is 3.15. The third kappa shape index (κ3) is 3.88. The number of hydrogen-bond acceptors (Lipinski definition) is 3. The molecular formula is C17H19N5O. The fraction of sp³-hybridized carbons (Fsp3) is 0.0588. The Hall–Kier alpha value is -3.28. The molecule has 6 nitrogen and oxygen atoms in total. The number of H-pyrrole nitrogens is 1. The summed E-state index contributed by atoms with van der Waals surface area (Å²) in [5, 5.41) is 12.4. The summed E-state index contributed by atoms with van der Waals surface area (Å²) in [4.78, 5) is 11.4. The molecule has 23 heavy (non-hydrogen) atoms. The summed E-state index contributed by atoms with van der Waals surface area (Å²) < 4.78 is 0. The lowest BCUT2D eigenvalue weighted by Gasteiger charge is -2.07. The van der Waals surface area contributed by atoms with E-state index in [2.05, 4.69) is 27.4 Å². The second kappa shape index (κ2) is 7.65. The Morgan fingerprint density at radius 3 is 2.96 bits per heavy atom. The Morgan fingerprint density at radius 2 is 2.26 bits per heavy atom. The number of hydrogen-bond donors (Lipinski definition) is 4. The average Bonchev–Trinajstić information content (AvgIpc) is 3.04. The highest BCUT2D eigenvalue weighted by Gasteiger charge is 2.11. The van der Waals surface area contributed by atoms with Gasteiger partial charge in [-0.2, -0.15) is 5.10 Å². The molecule has 0 bridgehead atoms. The molecule has 0 saturated carbocycles. The number of nitrogens with one attached hydrogen (secondary N) is 3. The zero-order valence-electron chi connectivity index (χ0n) is 12.8. The van der Waals surface area contributed by atoms with E-state index in [9.17, 15) is 4.79 Å². The molecule has 0 fully saturated rings. The largest absolute Gasteiger partial charge is 0.405 e. The summed E-state index contributed by atoms with van der Waals surface area (Å²) in [6.45, 7) is 3.72. The van der Waals surface area contributed by atoms with Crippen LogP contribution in [0.15, 0.2) is 61.5 Å². The van der Waals surface area contributed by atoms with E-state index in [1.54, 1.807) is 25.4 Å². The van der Waals surface area contributed by atoms with Crippen molar-refractivity contribution >= 4 is 17.3 Å². The first-order valence-electron chi connectivity index (χ1n) is 7.04. The van der Waals surface area contributed by atoms with Crippen molar-refractivity contribution in [1.82, 2.24) is 15.5 Å². The van der Waals surface area contributed by atoms with Crippen LogP contribution in [0.2, 0.25) is 0 Å². The predicted molar refractivity (Wildman–Crippen MR) is 93.6 cm³/mol. The number of aromatic nitrogens is 2. The molecule has 0 aliphatic rings. The zero-order chi connectivity index (χ0) is 16.7. The first kappa shape index (κ1) is 16.1. The van der Waals surface area contributed by atoms with Crippen LogP contribution in [-0.2, 0) is 0 Å². The Kier molecular flexibility index (Phi) is 5.35. The third-order valence-electron chi connectivity index (χ3n) is 3.15. The van der Waals surface area contributed by atoms with Gasteiger partial charge >= 0.3 is 6.03 Å². The number of carbonyl (C=O) groups is 1. The van der Waals surface area contributed by atoms with Crippen molar-refractivity contribution in [2.75, 3.05) is 12.4 Å². The molecule has 0 aliphatic heterocycles. The van der Waals surface area contributed by atoms with Gasteiger partial charge in [0.05, 0.1) is 5.69 Å². The Bertz CT molecular complexity index is 758. The van der Waals surface area contributed by atoms with Crippen LogP contribution < -0.4 is 16.4 Å². The molecule has 2 rings (SSSR count). The average molecular weight is 309 g/mol. The summed E-state index contributed by atoms with van der Waals surface area (Å²) in [6, 6.07) is 7.17. The minimum absolute atomic E-state index is 0.275. The van der Waals surface area contributed by atoms with Gasteiger partial charge in [0.25, 0.3) is 0 Å². The summed E-state index contributed by atoms with van der Waals surface area (Å²) in [5.41, 5.74) is 9.60. The second-order valence-electron chi connectivity index (χ2n) is 4.65. The van der Waals surface area contributed by atoms with Gasteiger partial charge in [-0.3, -0.25) is 5.10 Å². The fourth-order valence-electron chi connectivity index (χ4n) is 2.13. The monoisotopic (exact) mass is 309 g/mol. The van der Waals surface area contributed by atoms with E-state index in [1.807, 2.05) is 30.3 Å². The molecule has 0 spiro atoms. The van der Waals surface area contributed by atoms with Crippen molar-refractivity contribution in [3.63, 3.8) is 0 Å². The van der Waals surface area contributed by atoms with Crippen molar-refractivity contribution in [1.29, 1.82) is 0 Å². The van der Waals surface area contributed by atoms with Gasteiger partial charge in [-0.1, -0.05) is 30.9 Å². The first-order chi connectivity index (χ1) is 11.2. The van der Waals surface area contributed by atoms with Gasteiger partial charge in [-0.25, -0.2) is 4.79 Å². The maximum atomic E-state index is 11.4. The van der Waals surface area contributed by atoms with Gasteiger partial charge in [0.15, 0.2) is 0 Å². The van der Waals surface area contributed by atoms with Crippen LogP contribution in [0.1, 0.15) is 5.56 Å². The molecule has 0 atom stereocenters. The van der Waals surface area contributed by atoms with Crippen molar-refractivity contribution in [3.8, 4) is 11.3 Å². The molecule has 0 radical (unpaired) electrons. The van der Waals surface area contributed by atoms with Gasteiger partial charge in [-0.05, 0) is 30.0 Å². The van der Waals surface area contributed by atoms with Gasteiger partial charge in [0.2, 0.25) is 0 Å². The molecule has 1 aromatic heterocycles. The first-order valence-corrected chi connectivity index (χ1v) is 7.04. The Labute approximate surface area is 134 Å². The number of rotatable bonds is 5. The lowest BCUT2D eigenvalue weighted by molar-refractivity contribution is 0.254. The molecule has 5 N–H and O–H groups in total. The van der Waals surface area contributed by atoms with E-state index in [-0.39, 0.29) is 6.03 Å². The zero-order valence-corrected chi connectivity index (χ0v) is 12.8. The van der Waals surface area contributed by atoms with Gasteiger partial charge in [-0.15, -0.1) is 0 Å². The van der Waals surface area contributed by atoms with Crippen LogP contribution in [0.4, 0.5) is 10.5 Å². The normalized spacial score (nSPS) is 11.4. The van der Waals surface area contributed by atoms with Gasteiger partial charge in [0, 0.05) is 30.1 Å². The second-order valence-corrected chi connectivity index (χ2v) is 4.65. The molecule has 2 amide bonds.